The minimum atomic E-state index is -0.824. The number of aromatic nitrogens is 1. The Morgan fingerprint density at radius 3 is 2.72 bits per heavy atom. The standard InChI is InChI=1S/C12H19N3O2S/c1-4-8-6-14-9(17-8)7-15-11(16)12(3,5-2)10(13)18/h6H,4-5,7H2,1-3H3,(H2,13,18)(H,15,16). The molecule has 0 aliphatic heterocycles. The smallest absolute Gasteiger partial charge is 0.233 e. The zero-order valence-electron chi connectivity index (χ0n) is 10.9. The molecule has 1 atom stereocenters. The van der Waals surface area contributed by atoms with Crippen molar-refractivity contribution < 1.29 is 9.21 Å². The molecule has 0 spiro atoms. The lowest BCUT2D eigenvalue weighted by Gasteiger charge is -2.25. The van der Waals surface area contributed by atoms with Gasteiger partial charge in [0.05, 0.1) is 23.1 Å². The Balaban J connectivity index is 2.62. The van der Waals surface area contributed by atoms with Crippen molar-refractivity contribution in [3.63, 3.8) is 0 Å². The molecule has 18 heavy (non-hydrogen) atoms. The molecule has 1 aromatic rings. The van der Waals surface area contributed by atoms with Gasteiger partial charge in [-0.15, -0.1) is 0 Å². The number of rotatable bonds is 6. The third-order valence-electron chi connectivity index (χ3n) is 3.10. The lowest BCUT2D eigenvalue weighted by atomic mass is 9.86. The van der Waals surface area contributed by atoms with E-state index in [1.165, 1.54) is 0 Å². The Hall–Kier alpha value is -1.43. The summed E-state index contributed by atoms with van der Waals surface area (Å²) in [5.41, 5.74) is 4.78. The van der Waals surface area contributed by atoms with Gasteiger partial charge in [-0.25, -0.2) is 4.98 Å². The molecule has 5 nitrogen and oxygen atoms in total. The van der Waals surface area contributed by atoms with Crippen LogP contribution < -0.4 is 11.1 Å². The fourth-order valence-electron chi connectivity index (χ4n) is 1.39. The number of nitrogens with one attached hydrogen (secondary N) is 1. The van der Waals surface area contributed by atoms with Crippen LogP contribution in [-0.4, -0.2) is 15.9 Å². The third-order valence-corrected chi connectivity index (χ3v) is 3.55. The molecule has 0 fully saturated rings. The third kappa shape index (κ3) is 3.07. The van der Waals surface area contributed by atoms with Crippen molar-refractivity contribution in [2.24, 2.45) is 11.1 Å². The number of carbonyl (C=O) groups excluding carboxylic acids is 1. The summed E-state index contributed by atoms with van der Waals surface area (Å²) in [6.07, 6.45) is 2.99. The lowest BCUT2D eigenvalue weighted by Crippen LogP contribution is -2.46. The van der Waals surface area contributed by atoms with Crippen molar-refractivity contribution in [2.45, 2.75) is 40.2 Å². The normalized spacial score (nSPS) is 13.9. The van der Waals surface area contributed by atoms with Gasteiger partial charge in [-0.05, 0) is 13.3 Å². The first-order valence-electron chi connectivity index (χ1n) is 5.95. The highest BCUT2D eigenvalue weighted by Crippen LogP contribution is 2.21. The zero-order chi connectivity index (χ0) is 13.8. The van der Waals surface area contributed by atoms with Gasteiger partial charge in [-0.3, -0.25) is 4.79 Å². The van der Waals surface area contributed by atoms with E-state index in [0.29, 0.717) is 12.3 Å². The van der Waals surface area contributed by atoms with Crippen LogP contribution in [0.2, 0.25) is 0 Å². The molecule has 1 amide bonds. The second-order valence-corrected chi connectivity index (χ2v) is 4.75. The largest absolute Gasteiger partial charge is 0.444 e. The van der Waals surface area contributed by atoms with E-state index < -0.39 is 5.41 Å². The highest BCUT2D eigenvalue weighted by molar-refractivity contribution is 7.80. The van der Waals surface area contributed by atoms with E-state index in [4.69, 9.17) is 22.4 Å². The Morgan fingerprint density at radius 2 is 2.28 bits per heavy atom. The summed E-state index contributed by atoms with van der Waals surface area (Å²) < 4.78 is 5.40. The van der Waals surface area contributed by atoms with Gasteiger partial charge in [-0.2, -0.15) is 0 Å². The van der Waals surface area contributed by atoms with E-state index in [0.717, 1.165) is 12.2 Å². The van der Waals surface area contributed by atoms with Gasteiger partial charge in [-0.1, -0.05) is 26.1 Å². The van der Waals surface area contributed by atoms with Crippen LogP contribution in [0.3, 0.4) is 0 Å². The quantitative estimate of drug-likeness (QED) is 0.766. The van der Waals surface area contributed by atoms with Crippen LogP contribution in [0.4, 0.5) is 0 Å². The first kappa shape index (κ1) is 14.6. The van der Waals surface area contributed by atoms with Crippen LogP contribution in [0.5, 0.6) is 0 Å². The van der Waals surface area contributed by atoms with Gasteiger partial charge in [0.25, 0.3) is 0 Å². The summed E-state index contributed by atoms with van der Waals surface area (Å²) in [6.45, 7) is 5.83. The molecule has 0 aliphatic rings. The van der Waals surface area contributed by atoms with Gasteiger partial charge in [0.15, 0.2) is 0 Å². The lowest BCUT2D eigenvalue weighted by molar-refractivity contribution is -0.127. The van der Waals surface area contributed by atoms with Gasteiger partial charge < -0.3 is 15.5 Å². The van der Waals surface area contributed by atoms with E-state index in [2.05, 4.69) is 10.3 Å². The second kappa shape index (κ2) is 5.95. The van der Waals surface area contributed by atoms with Crippen molar-refractivity contribution in [1.29, 1.82) is 0 Å². The summed E-state index contributed by atoms with van der Waals surface area (Å²) in [5.74, 6) is 1.09. The van der Waals surface area contributed by atoms with Crippen molar-refractivity contribution in [2.75, 3.05) is 0 Å². The molecule has 0 aromatic carbocycles. The summed E-state index contributed by atoms with van der Waals surface area (Å²) in [4.78, 5) is 16.3. The minimum Gasteiger partial charge on any atom is -0.444 e. The number of oxazole rings is 1. The molecule has 6 heteroatoms. The molecule has 0 aliphatic carbocycles. The number of thiocarbonyl (C=S) groups is 1. The average molecular weight is 269 g/mol. The number of nitrogens with zero attached hydrogens (tertiary/aromatic N) is 1. The maximum atomic E-state index is 12.0. The van der Waals surface area contributed by atoms with Crippen molar-refractivity contribution >= 4 is 23.1 Å². The molecule has 0 saturated carbocycles. The Labute approximate surface area is 112 Å². The molecule has 1 rings (SSSR count). The van der Waals surface area contributed by atoms with Crippen LogP contribution in [0, 0.1) is 5.41 Å². The average Bonchev–Trinajstić information content (AvgIpc) is 2.82. The second-order valence-electron chi connectivity index (χ2n) is 4.31. The van der Waals surface area contributed by atoms with E-state index >= 15 is 0 Å². The van der Waals surface area contributed by atoms with Gasteiger partial charge in [0, 0.05) is 6.42 Å². The zero-order valence-corrected chi connectivity index (χ0v) is 11.8. The van der Waals surface area contributed by atoms with E-state index in [1.54, 1.807) is 13.1 Å². The van der Waals surface area contributed by atoms with Crippen molar-refractivity contribution in [1.82, 2.24) is 10.3 Å². The van der Waals surface area contributed by atoms with Crippen LogP contribution in [0.25, 0.3) is 0 Å². The Morgan fingerprint density at radius 1 is 1.61 bits per heavy atom. The topological polar surface area (TPSA) is 81.2 Å². The summed E-state index contributed by atoms with van der Waals surface area (Å²) in [6, 6.07) is 0. The summed E-state index contributed by atoms with van der Waals surface area (Å²) in [5, 5.41) is 2.75. The van der Waals surface area contributed by atoms with Crippen LogP contribution in [0.15, 0.2) is 10.6 Å². The number of aryl methyl sites for hydroxylation is 1. The molecule has 1 heterocycles. The van der Waals surface area contributed by atoms with Crippen molar-refractivity contribution in [3.8, 4) is 0 Å². The number of nitrogens with two attached hydrogens (primary N) is 1. The van der Waals surface area contributed by atoms with Gasteiger partial charge >= 0.3 is 0 Å². The van der Waals surface area contributed by atoms with E-state index in [-0.39, 0.29) is 17.4 Å². The predicted octanol–water partition coefficient (Wildman–Crippen LogP) is 1.56. The first-order chi connectivity index (χ1) is 8.43. The van der Waals surface area contributed by atoms with Gasteiger partial charge in [0.1, 0.15) is 5.76 Å². The Bertz CT molecular complexity index is 444. The Kier molecular flexibility index (Phi) is 4.84. The number of carbonyl (C=O) groups is 1. The predicted molar refractivity (Wildman–Crippen MR) is 72.9 cm³/mol. The fourth-order valence-corrected chi connectivity index (χ4v) is 1.63. The monoisotopic (exact) mass is 269 g/mol. The molecule has 0 bridgehead atoms. The van der Waals surface area contributed by atoms with Gasteiger partial charge in [0.2, 0.25) is 11.8 Å². The SMILES string of the molecule is CCc1cnc(CNC(=O)C(C)(CC)C(N)=S)o1. The molecule has 100 valence electrons. The summed E-state index contributed by atoms with van der Waals surface area (Å²) in [7, 11) is 0. The van der Waals surface area contributed by atoms with E-state index in [1.807, 2.05) is 13.8 Å². The first-order valence-corrected chi connectivity index (χ1v) is 6.36. The van der Waals surface area contributed by atoms with Crippen molar-refractivity contribution in [3.05, 3.63) is 17.8 Å². The molecule has 3 N–H and O–H groups in total. The highest BCUT2D eigenvalue weighted by atomic mass is 32.1. The molecule has 0 saturated heterocycles. The van der Waals surface area contributed by atoms with E-state index in [9.17, 15) is 4.79 Å². The molecule has 0 radical (unpaired) electrons. The maximum absolute atomic E-state index is 12.0. The summed E-state index contributed by atoms with van der Waals surface area (Å²) >= 11 is 4.94. The number of amides is 1. The molecular formula is C12H19N3O2S. The molecule has 1 unspecified atom stereocenters. The number of hydrogen-bond donors (Lipinski definition) is 2. The highest BCUT2D eigenvalue weighted by Gasteiger charge is 2.34. The maximum Gasteiger partial charge on any atom is 0.233 e. The van der Waals surface area contributed by atoms with Crippen LogP contribution in [-0.2, 0) is 17.8 Å². The number of hydrogen-bond acceptors (Lipinski definition) is 4. The fraction of sp³-hybridized carbons (Fsp3) is 0.583. The minimum absolute atomic E-state index is 0.198. The van der Waals surface area contributed by atoms with Crippen LogP contribution in [0.1, 0.15) is 38.8 Å². The molecule has 1 aromatic heterocycles. The molecular weight excluding hydrogens is 250 g/mol. The van der Waals surface area contributed by atoms with Crippen LogP contribution >= 0.6 is 12.2 Å².